The molecular weight excluding hydrogens is 256 g/mol. The monoisotopic (exact) mass is 272 g/mol. The Kier molecular flexibility index (Phi) is 2.53. The minimum Gasteiger partial charge on any atom is -0.301 e. The molecule has 2 unspecified atom stereocenters. The van der Waals surface area contributed by atoms with Gasteiger partial charge in [0.15, 0.2) is 0 Å². The van der Waals surface area contributed by atoms with E-state index < -0.39 is 0 Å². The van der Waals surface area contributed by atoms with Gasteiger partial charge in [0.05, 0.1) is 22.7 Å². The van der Waals surface area contributed by atoms with Crippen LogP contribution in [0.2, 0.25) is 0 Å². The highest BCUT2D eigenvalue weighted by atomic mass is 16.6. The van der Waals surface area contributed by atoms with E-state index in [9.17, 15) is 10.1 Å². The van der Waals surface area contributed by atoms with Gasteiger partial charge < -0.3 is 5.43 Å². The van der Waals surface area contributed by atoms with E-state index in [1.54, 1.807) is 12.1 Å². The predicted molar refractivity (Wildman–Crippen MR) is 74.5 cm³/mol. The van der Waals surface area contributed by atoms with Crippen LogP contribution in [0.3, 0.4) is 0 Å². The average Bonchev–Trinajstić information content (AvgIpc) is 2.95. The van der Waals surface area contributed by atoms with Crippen molar-refractivity contribution in [2.24, 2.45) is 11.0 Å². The van der Waals surface area contributed by atoms with E-state index >= 15 is 0 Å². The fraction of sp³-hybridized carbons (Fsp3) is 0.500. The maximum absolute atomic E-state index is 10.9. The third-order valence-corrected chi connectivity index (χ3v) is 4.73. The second-order valence-electron chi connectivity index (χ2n) is 5.75. The molecule has 3 fully saturated rings. The number of nitrogens with one attached hydrogen (secondary N) is 1. The van der Waals surface area contributed by atoms with Gasteiger partial charge in [-0.1, -0.05) is 12.1 Å². The maximum atomic E-state index is 10.9. The van der Waals surface area contributed by atoms with E-state index in [4.69, 9.17) is 0 Å². The molecule has 1 N–H and O–H groups in total. The van der Waals surface area contributed by atoms with Gasteiger partial charge in [-0.05, 0) is 31.5 Å². The molecule has 5 rings (SSSR count). The first kappa shape index (κ1) is 11.8. The van der Waals surface area contributed by atoms with Crippen molar-refractivity contribution in [1.82, 2.24) is 10.3 Å². The summed E-state index contributed by atoms with van der Waals surface area (Å²) in [5, 5.41) is 15.5. The summed E-state index contributed by atoms with van der Waals surface area (Å²) in [6, 6.07) is 7.24. The summed E-state index contributed by atoms with van der Waals surface area (Å²) in [5.41, 5.74) is 5.56. The molecule has 0 amide bonds. The molecule has 4 aliphatic heterocycles. The molecule has 20 heavy (non-hydrogen) atoms. The first-order valence-electron chi connectivity index (χ1n) is 7.05. The van der Waals surface area contributed by atoms with E-state index in [1.807, 2.05) is 6.07 Å². The van der Waals surface area contributed by atoms with E-state index in [-0.39, 0.29) is 22.7 Å². The lowest BCUT2D eigenvalue weighted by atomic mass is 9.78. The molecule has 104 valence electrons. The Balaban J connectivity index is 1.68. The topological polar surface area (TPSA) is 70.8 Å². The molecule has 3 saturated heterocycles. The predicted octanol–water partition coefficient (Wildman–Crippen LogP) is 1.69. The number of fused-ring (bicyclic) bond motifs is 2. The lowest BCUT2D eigenvalue weighted by molar-refractivity contribution is -0.384. The number of non-ortho nitro benzene ring substituents is 1. The van der Waals surface area contributed by atoms with Gasteiger partial charge in [-0.3, -0.25) is 15.0 Å². The molecule has 1 aromatic carbocycles. The molecule has 4 aliphatic rings. The van der Waals surface area contributed by atoms with Crippen LogP contribution in [0.15, 0.2) is 29.4 Å². The highest BCUT2D eigenvalue weighted by molar-refractivity contribution is 5.95. The summed E-state index contributed by atoms with van der Waals surface area (Å²) < 4.78 is 0. The number of nitrogens with zero attached hydrogens (tertiary/aromatic N) is 3. The van der Waals surface area contributed by atoms with Crippen LogP contribution >= 0.6 is 0 Å². The van der Waals surface area contributed by atoms with Gasteiger partial charge in [-0.2, -0.15) is 5.10 Å². The van der Waals surface area contributed by atoms with Crippen LogP contribution in [0.5, 0.6) is 0 Å². The van der Waals surface area contributed by atoms with Gasteiger partial charge in [0.2, 0.25) is 0 Å². The van der Waals surface area contributed by atoms with Gasteiger partial charge in [0.25, 0.3) is 5.69 Å². The number of piperidine rings is 3. The Labute approximate surface area is 116 Å². The normalized spacial score (nSPS) is 34.3. The van der Waals surface area contributed by atoms with Crippen molar-refractivity contribution in [2.75, 3.05) is 13.1 Å². The summed E-state index contributed by atoms with van der Waals surface area (Å²) in [7, 11) is 0. The van der Waals surface area contributed by atoms with Crippen molar-refractivity contribution >= 4 is 11.4 Å². The quantitative estimate of drug-likeness (QED) is 0.657. The largest absolute Gasteiger partial charge is 0.301 e. The number of hydrazone groups is 1. The van der Waals surface area contributed by atoms with Gasteiger partial charge in [0.1, 0.15) is 0 Å². The second-order valence-corrected chi connectivity index (χ2v) is 5.75. The Morgan fingerprint density at radius 2 is 2.15 bits per heavy atom. The van der Waals surface area contributed by atoms with Gasteiger partial charge in [-0.15, -0.1) is 0 Å². The first-order valence-corrected chi connectivity index (χ1v) is 7.05. The first-order chi connectivity index (χ1) is 9.74. The summed E-state index contributed by atoms with van der Waals surface area (Å²) >= 11 is 0. The lowest BCUT2D eigenvalue weighted by Gasteiger charge is -2.45. The van der Waals surface area contributed by atoms with Crippen molar-refractivity contribution in [3.8, 4) is 0 Å². The van der Waals surface area contributed by atoms with Gasteiger partial charge >= 0.3 is 0 Å². The fourth-order valence-electron chi connectivity index (χ4n) is 3.74. The number of hydrogen-bond acceptors (Lipinski definition) is 5. The smallest absolute Gasteiger partial charge is 0.269 e. The molecule has 1 aromatic rings. The summed E-state index contributed by atoms with van der Waals surface area (Å²) in [6.07, 6.45) is 2.39. The standard InChI is InChI=1S/C14H16N4O2/c19-18(20)11-3-1-2-10(8-11)13-14-12(15-16-13)9-4-6-17(14)7-5-9/h1-3,8-9,13-14,16H,4-7H2. The van der Waals surface area contributed by atoms with E-state index in [2.05, 4.69) is 15.4 Å². The zero-order chi connectivity index (χ0) is 13.7. The summed E-state index contributed by atoms with van der Waals surface area (Å²) in [6.45, 7) is 2.23. The Hall–Kier alpha value is -1.95. The van der Waals surface area contributed by atoms with Crippen LogP contribution in [-0.2, 0) is 0 Å². The third kappa shape index (κ3) is 1.64. The zero-order valence-electron chi connectivity index (χ0n) is 11.0. The Bertz CT molecular complexity index is 593. The Morgan fingerprint density at radius 1 is 1.35 bits per heavy atom. The molecule has 2 bridgehead atoms. The third-order valence-electron chi connectivity index (χ3n) is 4.73. The average molecular weight is 272 g/mol. The van der Waals surface area contributed by atoms with Crippen LogP contribution in [0.25, 0.3) is 0 Å². The van der Waals surface area contributed by atoms with Gasteiger partial charge in [-0.25, -0.2) is 0 Å². The van der Waals surface area contributed by atoms with Crippen molar-refractivity contribution in [3.63, 3.8) is 0 Å². The molecule has 0 radical (unpaired) electrons. The highest BCUT2D eigenvalue weighted by Gasteiger charge is 2.46. The number of rotatable bonds is 2. The van der Waals surface area contributed by atoms with Gasteiger partial charge in [0, 0.05) is 18.1 Å². The Morgan fingerprint density at radius 3 is 2.90 bits per heavy atom. The second kappa shape index (κ2) is 4.28. The van der Waals surface area contributed by atoms with Crippen LogP contribution in [0.4, 0.5) is 5.69 Å². The van der Waals surface area contributed by atoms with Crippen LogP contribution < -0.4 is 5.43 Å². The lowest BCUT2D eigenvalue weighted by Crippen LogP contribution is -2.56. The molecule has 0 spiro atoms. The molecule has 6 heteroatoms. The fourth-order valence-corrected chi connectivity index (χ4v) is 3.74. The van der Waals surface area contributed by atoms with E-state index in [0.717, 1.165) is 18.7 Å². The summed E-state index contributed by atoms with van der Waals surface area (Å²) in [5.74, 6) is 0.598. The number of hydrogen-bond donors (Lipinski definition) is 1. The molecule has 6 nitrogen and oxygen atoms in total. The summed E-state index contributed by atoms with van der Waals surface area (Å²) in [4.78, 5) is 13.0. The molecule has 4 heterocycles. The SMILES string of the molecule is O=[N+]([O-])c1cccc(C2NN=C3C4CCN(CC4)C32)c1. The maximum Gasteiger partial charge on any atom is 0.269 e. The van der Waals surface area contributed by atoms with Crippen molar-refractivity contribution in [2.45, 2.75) is 24.9 Å². The molecule has 0 aromatic heterocycles. The van der Waals surface area contributed by atoms with E-state index in [1.165, 1.54) is 24.6 Å². The molecule has 0 aliphatic carbocycles. The minimum absolute atomic E-state index is 0.0491. The number of nitro benzene ring substituents is 1. The molecule has 2 atom stereocenters. The van der Waals surface area contributed by atoms with Crippen LogP contribution in [-0.4, -0.2) is 34.7 Å². The molecular formula is C14H16N4O2. The van der Waals surface area contributed by atoms with Crippen molar-refractivity contribution in [1.29, 1.82) is 0 Å². The van der Waals surface area contributed by atoms with Crippen LogP contribution in [0, 0.1) is 16.0 Å². The number of benzene rings is 1. The molecule has 0 saturated carbocycles. The van der Waals surface area contributed by atoms with Crippen molar-refractivity contribution < 1.29 is 4.92 Å². The highest BCUT2D eigenvalue weighted by Crippen LogP contribution is 2.39. The van der Waals surface area contributed by atoms with E-state index in [0.29, 0.717) is 5.92 Å². The minimum atomic E-state index is -0.340. The number of nitro groups is 1. The zero-order valence-corrected chi connectivity index (χ0v) is 11.0. The van der Waals surface area contributed by atoms with Crippen molar-refractivity contribution in [3.05, 3.63) is 39.9 Å². The van der Waals surface area contributed by atoms with Crippen LogP contribution in [0.1, 0.15) is 24.4 Å².